The Balaban J connectivity index is 1.68. The molecule has 2 fully saturated rings. The lowest BCUT2D eigenvalue weighted by atomic mass is 10.1. The molecule has 0 spiro atoms. The van der Waals surface area contributed by atoms with Crippen molar-refractivity contribution >= 4 is 0 Å². The molecule has 0 bridgehead atoms. The van der Waals surface area contributed by atoms with Gasteiger partial charge < -0.3 is 14.8 Å². The standard InChI is InChI=1S/C12H23NO2/c1-2-13-11-4-3-5-12(11)15-9-10-6-7-14-8-10/h10-13H,2-9H2,1H3. The fourth-order valence-electron chi connectivity index (χ4n) is 2.60. The van der Waals surface area contributed by atoms with Crippen LogP contribution in [0.1, 0.15) is 32.6 Å². The molecular weight excluding hydrogens is 190 g/mol. The predicted molar refractivity (Wildman–Crippen MR) is 60.0 cm³/mol. The summed E-state index contributed by atoms with van der Waals surface area (Å²) in [4.78, 5) is 0. The van der Waals surface area contributed by atoms with Gasteiger partial charge in [-0.15, -0.1) is 0 Å². The minimum Gasteiger partial charge on any atom is -0.381 e. The van der Waals surface area contributed by atoms with Gasteiger partial charge in [-0.2, -0.15) is 0 Å². The summed E-state index contributed by atoms with van der Waals surface area (Å²) in [7, 11) is 0. The monoisotopic (exact) mass is 213 g/mol. The van der Waals surface area contributed by atoms with E-state index in [0.29, 0.717) is 18.1 Å². The summed E-state index contributed by atoms with van der Waals surface area (Å²) in [6.45, 7) is 5.94. The summed E-state index contributed by atoms with van der Waals surface area (Å²) >= 11 is 0. The van der Waals surface area contributed by atoms with E-state index in [-0.39, 0.29) is 0 Å². The molecule has 3 nitrogen and oxygen atoms in total. The quantitative estimate of drug-likeness (QED) is 0.752. The third-order valence-electron chi connectivity index (χ3n) is 3.49. The maximum atomic E-state index is 6.01. The SMILES string of the molecule is CCNC1CCCC1OCC1CCOC1. The summed E-state index contributed by atoms with van der Waals surface area (Å²) in [5.74, 6) is 0.646. The molecule has 1 saturated carbocycles. The van der Waals surface area contributed by atoms with Crippen molar-refractivity contribution in [1.29, 1.82) is 0 Å². The van der Waals surface area contributed by atoms with Crippen LogP contribution in [0.15, 0.2) is 0 Å². The molecule has 3 unspecified atom stereocenters. The van der Waals surface area contributed by atoms with E-state index in [2.05, 4.69) is 12.2 Å². The minimum absolute atomic E-state index is 0.450. The zero-order chi connectivity index (χ0) is 10.5. The molecule has 0 aromatic heterocycles. The molecule has 2 rings (SSSR count). The van der Waals surface area contributed by atoms with Crippen LogP contribution in [0.5, 0.6) is 0 Å². The lowest BCUT2D eigenvalue weighted by molar-refractivity contribution is 0.0159. The van der Waals surface area contributed by atoms with Crippen LogP contribution in [0.4, 0.5) is 0 Å². The first-order chi connectivity index (χ1) is 7.40. The molecule has 3 atom stereocenters. The topological polar surface area (TPSA) is 30.5 Å². The first kappa shape index (κ1) is 11.4. The van der Waals surface area contributed by atoms with Crippen LogP contribution < -0.4 is 5.32 Å². The van der Waals surface area contributed by atoms with Crippen molar-refractivity contribution < 1.29 is 9.47 Å². The second-order valence-corrected chi connectivity index (χ2v) is 4.70. The molecule has 88 valence electrons. The lowest BCUT2D eigenvalue weighted by Gasteiger charge is -2.22. The van der Waals surface area contributed by atoms with Crippen LogP contribution >= 0.6 is 0 Å². The number of nitrogens with one attached hydrogen (secondary N) is 1. The van der Waals surface area contributed by atoms with Gasteiger partial charge in [-0.25, -0.2) is 0 Å². The van der Waals surface area contributed by atoms with Gasteiger partial charge in [0.1, 0.15) is 0 Å². The van der Waals surface area contributed by atoms with Crippen LogP contribution in [0.2, 0.25) is 0 Å². The smallest absolute Gasteiger partial charge is 0.0728 e. The summed E-state index contributed by atoms with van der Waals surface area (Å²) in [6, 6.07) is 0.595. The molecule has 0 radical (unpaired) electrons. The van der Waals surface area contributed by atoms with Gasteiger partial charge in [0.05, 0.1) is 19.3 Å². The largest absolute Gasteiger partial charge is 0.381 e. The summed E-state index contributed by atoms with van der Waals surface area (Å²) < 4.78 is 11.4. The zero-order valence-electron chi connectivity index (χ0n) is 9.71. The van der Waals surface area contributed by atoms with E-state index in [1.165, 1.54) is 25.7 Å². The van der Waals surface area contributed by atoms with Crippen LogP contribution in [0.3, 0.4) is 0 Å². The van der Waals surface area contributed by atoms with Gasteiger partial charge in [0.2, 0.25) is 0 Å². The average molecular weight is 213 g/mol. The normalized spacial score (nSPS) is 36.2. The second-order valence-electron chi connectivity index (χ2n) is 4.70. The van der Waals surface area contributed by atoms with Crippen LogP contribution in [-0.4, -0.2) is 38.5 Å². The van der Waals surface area contributed by atoms with Gasteiger partial charge in [0.25, 0.3) is 0 Å². The zero-order valence-corrected chi connectivity index (χ0v) is 9.71. The Morgan fingerprint density at radius 1 is 1.33 bits per heavy atom. The summed E-state index contributed by atoms with van der Waals surface area (Å²) in [5, 5.41) is 3.51. The third kappa shape index (κ3) is 3.16. The van der Waals surface area contributed by atoms with Gasteiger partial charge in [0.15, 0.2) is 0 Å². The van der Waals surface area contributed by atoms with E-state index in [0.717, 1.165) is 26.4 Å². The number of hydrogen-bond donors (Lipinski definition) is 1. The molecule has 0 amide bonds. The molecule has 1 aliphatic heterocycles. The highest BCUT2D eigenvalue weighted by Crippen LogP contribution is 2.23. The number of likely N-dealkylation sites (N-methyl/N-ethyl adjacent to an activating group) is 1. The highest BCUT2D eigenvalue weighted by atomic mass is 16.5. The second kappa shape index (κ2) is 5.83. The Kier molecular flexibility index (Phi) is 4.42. The van der Waals surface area contributed by atoms with Crippen LogP contribution in [-0.2, 0) is 9.47 Å². The molecule has 2 aliphatic rings. The van der Waals surface area contributed by atoms with E-state index in [1.807, 2.05) is 0 Å². The van der Waals surface area contributed by atoms with E-state index >= 15 is 0 Å². The van der Waals surface area contributed by atoms with Gasteiger partial charge >= 0.3 is 0 Å². The van der Waals surface area contributed by atoms with Crippen molar-refractivity contribution in [2.45, 2.75) is 44.8 Å². The number of hydrogen-bond acceptors (Lipinski definition) is 3. The predicted octanol–water partition coefficient (Wildman–Crippen LogP) is 1.57. The maximum Gasteiger partial charge on any atom is 0.0728 e. The molecule has 0 aromatic rings. The van der Waals surface area contributed by atoms with Crippen LogP contribution in [0, 0.1) is 5.92 Å². The molecule has 1 aliphatic carbocycles. The van der Waals surface area contributed by atoms with Crippen molar-refractivity contribution in [2.24, 2.45) is 5.92 Å². The minimum atomic E-state index is 0.450. The molecular formula is C12H23NO2. The Morgan fingerprint density at radius 2 is 2.27 bits per heavy atom. The molecule has 3 heteroatoms. The Hall–Kier alpha value is -0.120. The van der Waals surface area contributed by atoms with Crippen molar-refractivity contribution in [3.05, 3.63) is 0 Å². The fourth-order valence-corrected chi connectivity index (χ4v) is 2.60. The molecule has 1 N–H and O–H groups in total. The highest BCUT2D eigenvalue weighted by molar-refractivity contribution is 4.84. The van der Waals surface area contributed by atoms with Crippen molar-refractivity contribution in [3.8, 4) is 0 Å². The van der Waals surface area contributed by atoms with E-state index < -0.39 is 0 Å². The number of rotatable bonds is 5. The number of ether oxygens (including phenoxy) is 2. The Labute approximate surface area is 92.5 Å². The Bertz CT molecular complexity index is 180. The maximum absolute atomic E-state index is 6.01. The lowest BCUT2D eigenvalue weighted by Crippen LogP contribution is -2.37. The fraction of sp³-hybridized carbons (Fsp3) is 1.00. The molecule has 15 heavy (non-hydrogen) atoms. The average Bonchev–Trinajstić information content (AvgIpc) is 2.85. The van der Waals surface area contributed by atoms with Gasteiger partial charge in [-0.1, -0.05) is 6.92 Å². The molecule has 0 aromatic carbocycles. The van der Waals surface area contributed by atoms with Crippen molar-refractivity contribution in [1.82, 2.24) is 5.32 Å². The van der Waals surface area contributed by atoms with Gasteiger partial charge in [0, 0.05) is 18.6 Å². The van der Waals surface area contributed by atoms with Crippen molar-refractivity contribution in [3.63, 3.8) is 0 Å². The molecule has 1 saturated heterocycles. The van der Waals surface area contributed by atoms with Gasteiger partial charge in [-0.05, 0) is 32.2 Å². The first-order valence-corrected chi connectivity index (χ1v) is 6.33. The van der Waals surface area contributed by atoms with E-state index in [9.17, 15) is 0 Å². The summed E-state index contributed by atoms with van der Waals surface area (Å²) in [6.07, 6.45) is 5.44. The van der Waals surface area contributed by atoms with Crippen molar-refractivity contribution in [2.75, 3.05) is 26.4 Å². The summed E-state index contributed by atoms with van der Waals surface area (Å²) in [5.41, 5.74) is 0. The Morgan fingerprint density at radius 3 is 3.00 bits per heavy atom. The third-order valence-corrected chi connectivity index (χ3v) is 3.49. The first-order valence-electron chi connectivity index (χ1n) is 6.33. The molecule has 1 heterocycles. The van der Waals surface area contributed by atoms with Crippen LogP contribution in [0.25, 0.3) is 0 Å². The van der Waals surface area contributed by atoms with Gasteiger partial charge in [-0.3, -0.25) is 0 Å². The highest BCUT2D eigenvalue weighted by Gasteiger charge is 2.28. The van der Waals surface area contributed by atoms with E-state index in [1.54, 1.807) is 0 Å². The van der Waals surface area contributed by atoms with E-state index in [4.69, 9.17) is 9.47 Å².